The molecular weight excluding hydrogens is 274 g/mol. The lowest BCUT2D eigenvalue weighted by molar-refractivity contribution is -0.384. The molecule has 1 unspecified atom stereocenters. The monoisotopic (exact) mass is 293 g/mol. The summed E-state index contributed by atoms with van der Waals surface area (Å²) in [6.07, 6.45) is 3.08. The van der Waals surface area contributed by atoms with Crippen LogP contribution in [0.5, 0.6) is 0 Å². The number of carbonyl (C=O) groups is 1. The molecule has 0 amide bonds. The van der Waals surface area contributed by atoms with E-state index in [-0.39, 0.29) is 11.5 Å². The first-order valence-corrected chi connectivity index (χ1v) is 6.84. The van der Waals surface area contributed by atoms with Crippen molar-refractivity contribution in [1.29, 1.82) is 0 Å². The summed E-state index contributed by atoms with van der Waals surface area (Å²) in [4.78, 5) is 28.1. The van der Waals surface area contributed by atoms with E-state index in [9.17, 15) is 20.0 Å². The first-order chi connectivity index (χ1) is 9.74. The molecule has 2 heterocycles. The number of aromatic nitrogens is 1. The zero-order valence-electron chi connectivity index (χ0n) is 12.4. The molecule has 1 aromatic rings. The van der Waals surface area contributed by atoms with E-state index in [1.807, 2.05) is 13.8 Å². The van der Waals surface area contributed by atoms with Gasteiger partial charge in [0, 0.05) is 18.8 Å². The van der Waals surface area contributed by atoms with E-state index in [2.05, 4.69) is 4.98 Å². The van der Waals surface area contributed by atoms with E-state index in [1.54, 1.807) is 11.8 Å². The maximum absolute atomic E-state index is 11.7. The minimum Gasteiger partial charge on any atom is -0.480 e. The van der Waals surface area contributed by atoms with Crippen molar-refractivity contribution in [1.82, 2.24) is 4.98 Å². The van der Waals surface area contributed by atoms with Crippen LogP contribution in [0.3, 0.4) is 0 Å². The van der Waals surface area contributed by atoms with Crippen LogP contribution in [0.2, 0.25) is 0 Å². The van der Waals surface area contributed by atoms with Gasteiger partial charge in [0.1, 0.15) is 6.04 Å². The predicted molar refractivity (Wildman–Crippen MR) is 77.4 cm³/mol. The second-order valence-electron chi connectivity index (χ2n) is 6.14. The molecule has 1 fully saturated rings. The molecule has 0 radical (unpaired) electrons. The van der Waals surface area contributed by atoms with E-state index in [0.29, 0.717) is 12.1 Å². The van der Waals surface area contributed by atoms with Crippen LogP contribution in [0, 0.1) is 22.5 Å². The first kappa shape index (κ1) is 15.2. The van der Waals surface area contributed by atoms with Gasteiger partial charge < -0.3 is 10.0 Å². The topological polar surface area (TPSA) is 96.6 Å². The molecule has 0 bridgehead atoms. The van der Waals surface area contributed by atoms with Gasteiger partial charge in [-0.05, 0) is 30.7 Å². The quantitative estimate of drug-likeness (QED) is 0.679. The highest BCUT2D eigenvalue weighted by atomic mass is 16.6. The highest BCUT2D eigenvalue weighted by Gasteiger charge is 2.44. The fourth-order valence-electron chi connectivity index (χ4n) is 2.99. The maximum atomic E-state index is 11.7. The summed E-state index contributed by atoms with van der Waals surface area (Å²) in [6, 6.07) is 0.614. The van der Waals surface area contributed by atoms with Gasteiger partial charge in [0.15, 0.2) is 0 Å². The summed E-state index contributed by atoms with van der Waals surface area (Å²) in [6.45, 7) is 5.92. The van der Waals surface area contributed by atoms with Crippen molar-refractivity contribution in [3.63, 3.8) is 0 Å². The molecule has 1 aromatic heterocycles. The fraction of sp³-hybridized carbons (Fsp3) is 0.571. The van der Waals surface area contributed by atoms with Crippen LogP contribution in [0.15, 0.2) is 12.3 Å². The number of nitrogens with zero attached hydrogens (tertiary/aromatic N) is 3. The van der Waals surface area contributed by atoms with E-state index >= 15 is 0 Å². The number of hydrogen-bond donors (Lipinski definition) is 1. The molecule has 0 saturated carbocycles. The zero-order chi connectivity index (χ0) is 15.8. The third-order valence-corrected chi connectivity index (χ3v) is 3.96. The summed E-state index contributed by atoms with van der Waals surface area (Å²) in [7, 11) is 0. The highest BCUT2D eigenvalue weighted by molar-refractivity contribution is 5.80. The minimum absolute atomic E-state index is 0.140. The molecule has 7 nitrogen and oxygen atoms in total. The van der Waals surface area contributed by atoms with E-state index in [1.165, 1.54) is 12.3 Å². The average molecular weight is 293 g/mol. The Balaban J connectivity index is 2.53. The number of hydrogen-bond acceptors (Lipinski definition) is 5. The Morgan fingerprint density at radius 3 is 2.81 bits per heavy atom. The van der Waals surface area contributed by atoms with Gasteiger partial charge >= 0.3 is 11.7 Å². The number of pyridine rings is 1. The predicted octanol–water partition coefficient (Wildman–Crippen LogP) is 2.38. The SMILES string of the molecule is Cc1cnc(N2CCCC(C)(C)C2C(=O)O)c([N+](=O)[O-])c1. The molecule has 114 valence electrons. The molecule has 0 aromatic carbocycles. The number of nitro groups is 1. The van der Waals surface area contributed by atoms with E-state index in [4.69, 9.17) is 0 Å². The van der Waals surface area contributed by atoms with Gasteiger partial charge in [0.25, 0.3) is 0 Å². The smallest absolute Gasteiger partial charge is 0.326 e. The van der Waals surface area contributed by atoms with Gasteiger partial charge in [-0.25, -0.2) is 9.78 Å². The lowest BCUT2D eigenvalue weighted by atomic mass is 9.76. The van der Waals surface area contributed by atoms with Crippen molar-refractivity contribution in [2.24, 2.45) is 5.41 Å². The van der Waals surface area contributed by atoms with Crippen LogP contribution in [-0.4, -0.2) is 33.6 Å². The molecule has 7 heteroatoms. The summed E-state index contributed by atoms with van der Waals surface area (Å²) < 4.78 is 0. The summed E-state index contributed by atoms with van der Waals surface area (Å²) >= 11 is 0. The molecule has 0 aliphatic carbocycles. The van der Waals surface area contributed by atoms with Crippen LogP contribution in [-0.2, 0) is 4.79 Å². The van der Waals surface area contributed by atoms with Crippen LogP contribution in [0.1, 0.15) is 32.3 Å². The number of carboxylic acid groups (broad SMARTS) is 1. The van der Waals surface area contributed by atoms with Crippen molar-refractivity contribution >= 4 is 17.5 Å². The molecule has 1 aliphatic heterocycles. The van der Waals surface area contributed by atoms with Crippen molar-refractivity contribution in [3.05, 3.63) is 27.9 Å². The molecule has 1 atom stereocenters. The van der Waals surface area contributed by atoms with Crippen LogP contribution in [0.25, 0.3) is 0 Å². The molecule has 1 N–H and O–H groups in total. The van der Waals surface area contributed by atoms with Gasteiger partial charge in [-0.2, -0.15) is 0 Å². The van der Waals surface area contributed by atoms with Crippen LogP contribution >= 0.6 is 0 Å². The van der Waals surface area contributed by atoms with Crippen molar-refractivity contribution in [2.45, 2.75) is 39.7 Å². The summed E-state index contributed by atoms with van der Waals surface area (Å²) in [5.74, 6) is -0.831. The Morgan fingerprint density at radius 2 is 2.24 bits per heavy atom. The number of piperidine rings is 1. The highest BCUT2D eigenvalue weighted by Crippen LogP contribution is 2.40. The first-order valence-electron chi connectivity index (χ1n) is 6.84. The van der Waals surface area contributed by atoms with E-state index in [0.717, 1.165) is 12.8 Å². The largest absolute Gasteiger partial charge is 0.480 e. The Bertz CT molecular complexity index is 586. The van der Waals surface area contributed by atoms with Gasteiger partial charge in [-0.1, -0.05) is 13.8 Å². The normalized spacial score (nSPS) is 21.1. The summed E-state index contributed by atoms with van der Waals surface area (Å²) in [5, 5.41) is 20.8. The second-order valence-corrected chi connectivity index (χ2v) is 6.14. The molecule has 21 heavy (non-hydrogen) atoms. The number of aliphatic carboxylic acids is 1. The zero-order valence-corrected chi connectivity index (χ0v) is 12.4. The lowest BCUT2D eigenvalue weighted by Gasteiger charge is -2.44. The number of carboxylic acids is 1. The Hall–Kier alpha value is -2.18. The average Bonchev–Trinajstić information content (AvgIpc) is 2.36. The molecule has 1 saturated heterocycles. The number of aryl methyl sites for hydroxylation is 1. The van der Waals surface area contributed by atoms with Crippen molar-refractivity contribution in [3.8, 4) is 0 Å². The van der Waals surface area contributed by atoms with Crippen LogP contribution in [0.4, 0.5) is 11.5 Å². The van der Waals surface area contributed by atoms with Crippen molar-refractivity contribution < 1.29 is 14.8 Å². The van der Waals surface area contributed by atoms with Gasteiger partial charge in [0.2, 0.25) is 5.82 Å². The molecule has 2 rings (SSSR count). The Morgan fingerprint density at radius 1 is 1.57 bits per heavy atom. The third kappa shape index (κ3) is 2.81. The molecule has 0 spiro atoms. The Kier molecular flexibility index (Phi) is 3.85. The van der Waals surface area contributed by atoms with Crippen LogP contribution < -0.4 is 4.90 Å². The molecular formula is C14H19N3O4. The fourth-order valence-corrected chi connectivity index (χ4v) is 2.99. The standard InChI is InChI=1S/C14H19N3O4/c1-9-7-10(17(20)21)12(15-8-9)16-6-4-5-14(2,3)11(16)13(18)19/h7-8,11H,4-6H2,1-3H3,(H,18,19). The minimum atomic E-state index is -0.976. The van der Waals surface area contributed by atoms with E-state index < -0.39 is 22.3 Å². The van der Waals surface area contributed by atoms with Gasteiger partial charge in [0.05, 0.1) is 4.92 Å². The van der Waals surface area contributed by atoms with Gasteiger partial charge in [-0.3, -0.25) is 10.1 Å². The molecule has 1 aliphatic rings. The lowest BCUT2D eigenvalue weighted by Crippen LogP contribution is -2.54. The maximum Gasteiger partial charge on any atom is 0.326 e. The third-order valence-electron chi connectivity index (χ3n) is 3.96. The number of rotatable bonds is 3. The Labute approximate surface area is 122 Å². The number of anilines is 1. The van der Waals surface area contributed by atoms with Crippen molar-refractivity contribution in [2.75, 3.05) is 11.4 Å². The van der Waals surface area contributed by atoms with Gasteiger partial charge in [-0.15, -0.1) is 0 Å². The summed E-state index contributed by atoms with van der Waals surface area (Å²) in [5.41, 5.74) is 0.0670. The second kappa shape index (κ2) is 5.31.